The summed E-state index contributed by atoms with van der Waals surface area (Å²) in [6, 6.07) is 10.7. The Kier molecular flexibility index (Phi) is 4.76. The maximum absolute atomic E-state index is 4.54. The van der Waals surface area contributed by atoms with Crippen LogP contribution in [0, 0.1) is 0 Å². The van der Waals surface area contributed by atoms with Crippen molar-refractivity contribution in [3.05, 3.63) is 53.5 Å². The van der Waals surface area contributed by atoms with E-state index >= 15 is 0 Å². The molecule has 3 aromatic rings. The summed E-state index contributed by atoms with van der Waals surface area (Å²) < 4.78 is 1.75. The lowest BCUT2D eigenvalue weighted by atomic mass is 10.1. The minimum Gasteiger partial charge on any atom is -0.366 e. The number of nitrogens with one attached hydrogen (secondary N) is 1. The molecule has 2 aromatic heterocycles. The molecule has 0 spiro atoms. The lowest BCUT2D eigenvalue weighted by Crippen LogP contribution is -2.11. The number of benzene rings is 1. The largest absolute Gasteiger partial charge is 0.366 e. The zero-order valence-corrected chi connectivity index (χ0v) is 14.7. The maximum Gasteiger partial charge on any atom is 0.254 e. The Morgan fingerprint density at radius 1 is 1.17 bits per heavy atom. The SMILES string of the molecule is CC(C)c1cc(NCc2cccc(CN(C)C)c2)n2ncnc2n1. The summed E-state index contributed by atoms with van der Waals surface area (Å²) in [4.78, 5) is 10.9. The summed E-state index contributed by atoms with van der Waals surface area (Å²) in [5.74, 6) is 1.89. The molecule has 3 rings (SSSR count). The van der Waals surface area contributed by atoms with E-state index in [0.717, 1.165) is 24.6 Å². The Balaban J connectivity index is 1.81. The lowest BCUT2D eigenvalue weighted by Gasteiger charge is -2.13. The van der Waals surface area contributed by atoms with Crippen molar-refractivity contribution in [2.45, 2.75) is 32.9 Å². The number of aromatic nitrogens is 4. The van der Waals surface area contributed by atoms with Gasteiger partial charge in [0.2, 0.25) is 0 Å². The van der Waals surface area contributed by atoms with Gasteiger partial charge < -0.3 is 10.2 Å². The Morgan fingerprint density at radius 2 is 1.96 bits per heavy atom. The van der Waals surface area contributed by atoms with Crippen molar-refractivity contribution in [2.24, 2.45) is 0 Å². The van der Waals surface area contributed by atoms with Gasteiger partial charge in [-0.15, -0.1) is 0 Å². The van der Waals surface area contributed by atoms with Gasteiger partial charge in [-0.3, -0.25) is 0 Å². The van der Waals surface area contributed by atoms with Gasteiger partial charge >= 0.3 is 0 Å². The highest BCUT2D eigenvalue weighted by atomic mass is 15.3. The van der Waals surface area contributed by atoms with E-state index in [2.05, 4.69) is 83.6 Å². The fourth-order valence-electron chi connectivity index (χ4n) is 2.65. The van der Waals surface area contributed by atoms with Crippen molar-refractivity contribution in [3.63, 3.8) is 0 Å². The van der Waals surface area contributed by atoms with E-state index in [4.69, 9.17) is 0 Å². The van der Waals surface area contributed by atoms with Crippen LogP contribution in [0.2, 0.25) is 0 Å². The van der Waals surface area contributed by atoms with Gasteiger partial charge in [0, 0.05) is 19.2 Å². The molecule has 126 valence electrons. The Hall–Kier alpha value is -2.47. The van der Waals surface area contributed by atoms with Crippen molar-refractivity contribution in [1.29, 1.82) is 0 Å². The number of hydrogen-bond donors (Lipinski definition) is 1. The van der Waals surface area contributed by atoms with Crippen molar-refractivity contribution < 1.29 is 0 Å². The first-order valence-electron chi connectivity index (χ1n) is 8.20. The number of anilines is 1. The predicted octanol–water partition coefficient (Wildman–Crippen LogP) is 2.92. The minimum atomic E-state index is 0.343. The van der Waals surface area contributed by atoms with Crippen LogP contribution in [0.1, 0.15) is 36.6 Å². The number of nitrogens with zero attached hydrogens (tertiary/aromatic N) is 5. The van der Waals surface area contributed by atoms with Crippen LogP contribution in [0.15, 0.2) is 36.7 Å². The van der Waals surface area contributed by atoms with Crippen LogP contribution in [-0.4, -0.2) is 38.6 Å². The zero-order chi connectivity index (χ0) is 17.1. The Labute approximate surface area is 142 Å². The second kappa shape index (κ2) is 6.97. The highest BCUT2D eigenvalue weighted by molar-refractivity contribution is 5.46. The van der Waals surface area contributed by atoms with E-state index in [1.807, 2.05) is 0 Å². The summed E-state index contributed by atoms with van der Waals surface area (Å²) in [6.07, 6.45) is 1.54. The van der Waals surface area contributed by atoms with Crippen LogP contribution in [0.3, 0.4) is 0 Å². The molecule has 6 heteroatoms. The molecule has 0 saturated heterocycles. The van der Waals surface area contributed by atoms with Gasteiger partial charge in [0.05, 0.1) is 5.69 Å². The van der Waals surface area contributed by atoms with Crippen LogP contribution in [0.25, 0.3) is 5.78 Å². The summed E-state index contributed by atoms with van der Waals surface area (Å²) in [5, 5.41) is 7.73. The number of rotatable bonds is 6. The second-order valence-corrected chi connectivity index (χ2v) is 6.60. The third-order valence-corrected chi connectivity index (χ3v) is 3.83. The first-order valence-corrected chi connectivity index (χ1v) is 8.20. The molecule has 0 aliphatic carbocycles. The standard InChI is InChI=1S/C18H24N6/c1-13(2)16-9-17(24-18(22-16)20-12-21-24)19-10-14-6-5-7-15(8-14)11-23(3)4/h5-9,12-13,19H,10-11H2,1-4H3. The monoisotopic (exact) mass is 324 g/mol. The van der Waals surface area contributed by atoms with E-state index in [9.17, 15) is 0 Å². The summed E-state index contributed by atoms with van der Waals surface area (Å²) >= 11 is 0. The van der Waals surface area contributed by atoms with E-state index in [1.54, 1.807) is 4.52 Å². The maximum atomic E-state index is 4.54. The zero-order valence-electron chi connectivity index (χ0n) is 14.7. The highest BCUT2D eigenvalue weighted by Crippen LogP contribution is 2.18. The first-order chi connectivity index (χ1) is 11.5. The molecule has 24 heavy (non-hydrogen) atoms. The topological polar surface area (TPSA) is 58.4 Å². The van der Waals surface area contributed by atoms with E-state index < -0.39 is 0 Å². The molecule has 0 amide bonds. The molecule has 2 heterocycles. The van der Waals surface area contributed by atoms with Crippen LogP contribution in [0.5, 0.6) is 0 Å². The Morgan fingerprint density at radius 3 is 2.71 bits per heavy atom. The molecule has 0 unspecified atom stereocenters. The third-order valence-electron chi connectivity index (χ3n) is 3.83. The Bertz CT molecular complexity index is 821. The van der Waals surface area contributed by atoms with E-state index in [1.165, 1.54) is 17.5 Å². The van der Waals surface area contributed by atoms with Crippen molar-refractivity contribution >= 4 is 11.6 Å². The van der Waals surface area contributed by atoms with E-state index in [-0.39, 0.29) is 0 Å². The van der Waals surface area contributed by atoms with Gasteiger partial charge in [-0.25, -0.2) is 4.98 Å². The van der Waals surface area contributed by atoms with Crippen LogP contribution >= 0.6 is 0 Å². The van der Waals surface area contributed by atoms with Gasteiger partial charge in [-0.2, -0.15) is 14.6 Å². The lowest BCUT2D eigenvalue weighted by molar-refractivity contribution is 0.402. The molecule has 0 aliphatic rings. The fraction of sp³-hybridized carbons (Fsp3) is 0.389. The van der Waals surface area contributed by atoms with E-state index in [0.29, 0.717) is 11.7 Å². The van der Waals surface area contributed by atoms with Crippen molar-refractivity contribution in [3.8, 4) is 0 Å². The molecule has 0 fully saturated rings. The normalized spacial score (nSPS) is 11.6. The van der Waals surface area contributed by atoms with Crippen LogP contribution in [0.4, 0.5) is 5.82 Å². The smallest absolute Gasteiger partial charge is 0.254 e. The predicted molar refractivity (Wildman–Crippen MR) is 96.0 cm³/mol. The molecule has 0 atom stereocenters. The molecule has 0 saturated carbocycles. The summed E-state index contributed by atoms with van der Waals surface area (Å²) in [7, 11) is 4.16. The molecule has 0 aliphatic heterocycles. The minimum absolute atomic E-state index is 0.343. The summed E-state index contributed by atoms with van der Waals surface area (Å²) in [5.41, 5.74) is 3.56. The van der Waals surface area contributed by atoms with Gasteiger partial charge in [0.25, 0.3) is 5.78 Å². The fourth-order valence-corrected chi connectivity index (χ4v) is 2.65. The quantitative estimate of drug-likeness (QED) is 0.755. The second-order valence-electron chi connectivity index (χ2n) is 6.60. The molecule has 6 nitrogen and oxygen atoms in total. The number of fused-ring (bicyclic) bond motifs is 1. The molecule has 1 aromatic carbocycles. The van der Waals surface area contributed by atoms with Gasteiger partial charge in [0.15, 0.2) is 0 Å². The first kappa shape index (κ1) is 16.4. The third kappa shape index (κ3) is 3.71. The molecule has 0 bridgehead atoms. The average molecular weight is 324 g/mol. The molecule has 0 radical (unpaired) electrons. The van der Waals surface area contributed by atoms with Crippen LogP contribution < -0.4 is 5.32 Å². The van der Waals surface area contributed by atoms with Crippen LogP contribution in [-0.2, 0) is 13.1 Å². The molecular formula is C18H24N6. The molecular weight excluding hydrogens is 300 g/mol. The highest BCUT2D eigenvalue weighted by Gasteiger charge is 2.10. The van der Waals surface area contributed by atoms with Gasteiger partial charge in [-0.05, 0) is 31.1 Å². The van der Waals surface area contributed by atoms with Crippen molar-refractivity contribution in [2.75, 3.05) is 19.4 Å². The van der Waals surface area contributed by atoms with Crippen molar-refractivity contribution in [1.82, 2.24) is 24.5 Å². The average Bonchev–Trinajstić information content (AvgIpc) is 3.00. The van der Waals surface area contributed by atoms with Gasteiger partial charge in [0.1, 0.15) is 12.1 Å². The molecule has 1 N–H and O–H groups in total. The van der Waals surface area contributed by atoms with Gasteiger partial charge in [-0.1, -0.05) is 38.1 Å². The summed E-state index contributed by atoms with van der Waals surface area (Å²) in [6.45, 7) is 5.93. The number of hydrogen-bond acceptors (Lipinski definition) is 5.